The SMILES string of the molecule is CCNc1cc2ncnc(NCc3ccccc3N3CCC(COCC)CC3)c2cc1[N+](=O)[O-]. The van der Waals surface area contributed by atoms with Gasteiger partial charge in [-0.3, -0.25) is 10.1 Å². The predicted molar refractivity (Wildman–Crippen MR) is 136 cm³/mol. The third-order valence-corrected chi connectivity index (χ3v) is 6.27. The summed E-state index contributed by atoms with van der Waals surface area (Å²) in [6, 6.07) is 11.6. The molecular weight excluding hydrogens is 432 g/mol. The van der Waals surface area contributed by atoms with Crippen LogP contribution in [0.5, 0.6) is 0 Å². The van der Waals surface area contributed by atoms with Crippen molar-refractivity contribution in [2.45, 2.75) is 33.2 Å². The third kappa shape index (κ3) is 5.36. The number of aromatic nitrogens is 2. The topological polar surface area (TPSA) is 105 Å². The molecule has 4 rings (SSSR count). The number of hydrogen-bond acceptors (Lipinski definition) is 8. The van der Waals surface area contributed by atoms with E-state index in [-0.39, 0.29) is 10.6 Å². The number of rotatable bonds is 10. The second-order valence-electron chi connectivity index (χ2n) is 8.47. The van der Waals surface area contributed by atoms with Crippen molar-refractivity contribution in [2.24, 2.45) is 5.92 Å². The van der Waals surface area contributed by atoms with Crippen molar-refractivity contribution >= 4 is 33.8 Å². The molecule has 0 saturated carbocycles. The maximum atomic E-state index is 11.6. The van der Waals surface area contributed by atoms with Crippen LogP contribution in [0.3, 0.4) is 0 Å². The van der Waals surface area contributed by atoms with Crippen molar-refractivity contribution in [2.75, 3.05) is 48.4 Å². The lowest BCUT2D eigenvalue weighted by molar-refractivity contribution is -0.383. The lowest BCUT2D eigenvalue weighted by atomic mass is 9.96. The summed E-state index contributed by atoms with van der Waals surface area (Å²) in [5, 5.41) is 18.7. The third-order valence-electron chi connectivity index (χ3n) is 6.27. The first-order chi connectivity index (χ1) is 16.6. The average molecular weight is 465 g/mol. The molecule has 2 aromatic carbocycles. The lowest BCUT2D eigenvalue weighted by Crippen LogP contribution is -2.35. The van der Waals surface area contributed by atoms with Gasteiger partial charge in [-0.25, -0.2) is 9.97 Å². The van der Waals surface area contributed by atoms with Crippen LogP contribution in [0.15, 0.2) is 42.7 Å². The number of benzene rings is 2. The van der Waals surface area contributed by atoms with E-state index in [1.165, 1.54) is 12.0 Å². The molecule has 1 saturated heterocycles. The zero-order valence-electron chi connectivity index (χ0n) is 19.8. The van der Waals surface area contributed by atoms with E-state index >= 15 is 0 Å². The number of nitrogens with one attached hydrogen (secondary N) is 2. The van der Waals surface area contributed by atoms with E-state index in [0.717, 1.165) is 44.7 Å². The first kappa shape index (κ1) is 23.7. The highest BCUT2D eigenvalue weighted by molar-refractivity contribution is 5.94. The van der Waals surface area contributed by atoms with Crippen LogP contribution >= 0.6 is 0 Å². The average Bonchev–Trinajstić information content (AvgIpc) is 2.86. The van der Waals surface area contributed by atoms with Gasteiger partial charge in [0.05, 0.1) is 10.4 Å². The molecule has 0 amide bonds. The van der Waals surface area contributed by atoms with Gasteiger partial charge in [0, 0.05) is 56.5 Å². The number of nitrogens with zero attached hydrogens (tertiary/aromatic N) is 4. The van der Waals surface area contributed by atoms with Crippen molar-refractivity contribution in [3.05, 3.63) is 58.4 Å². The van der Waals surface area contributed by atoms with Crippen molar-refractivity contribution in [3.63, 3.8) is 0 Å². The van der Waals surface area contributed by atoms with Gasteiger partial charge in [-0.05, 0) is 50.3 Å². The number of anilines is 3. The smallest absolute Gasteiger partial charge is 0.293 e. The first-order valence-electron chi connectivity index (χ1n) is 11.9. The molecule has 34 heavy (non-hydrogen) atoms. The summed E-state index contributed by atoms with van der Waals surface area (Å²) in [7, 11) is 0. The van der Waals surface area contributed by atoms with E-state index in [0.29, 0.717) is 41.4 Å². The highest BCUT2D eigenvalue weighted by atomic mass is 16.6. The van der Waals surface area contributed by atoms with Crippen LogP contribution in [0.4, 0.5) is 22.9 Å². The Balaban J connectivity index is 1.53. The van der Waals surface area contributed by atoms with Crippen LogP contribution in [-0.4, -0.2) is 47.7 Å². The standard InChI is InChI=1S/C25H32N6O3/c1-3-26-22-14-21-20(13-24(22)31(32)33)25(29-17-28-21)27-15-19-7-5-6-8-23(19)30-11-9-18(10-12-30)16-34-4-2/h5-8,13-14,17-18,26H,3-4,9-12,15-16H2,1-2H3,(H,27,28,29). The van der Waals surface area contributed by atoms with Gasteiger partial charge in [0.15, 0.2) is 0 Å². The fourth-order valence-corrected chi connectivity index (χ4v) is 4.49. The summed E-state index contributed by atoms with van der Waals surface area (Å²) in [6.45, 7) is 8.71. The van der Waals surface area contributed by atoms with Gasteiger partial charge in [-0.15, -0.1) is 0 Å². The molecule has 9 nitrogen and oxygen atoms in total. The molecule has 1 aromatic heterocycles. The fourth-order valence-electron chi connectivity index (χ4n) is 4.49. The van der Waals surface area contributed by atoms with Crippen molar-refractivity contribution < 1.29 is 9.66 Å². The lowest BCUT2D eigenvalue weighted by Gasteiger charge is -2.34. The van der Waals surface area contributed by atoms with Gasteiger partial charge in [0.25, 0.3) is 5.69 Å². The van der Waals surface area contributed by atoms with Crippen molar-refractivity contribution in [1.82, 2.24) is 9.97 Å². The Hall–Kier alpha value is -3.46. The minimum atomic E-state index is -0.376. The minimum Gasteiger partial charge on any atom is -0.381 e. The summed E-state index contributed by atoms with van der Waals surface area (Å²) in [4.78, 5) is 22.4. The maximum Gasteiger partial charge on any atom is 0.293 e. The second-order valence-corrected chi connectivity index (χ2v) is 8.47. The summed E-state index contributed by atoms with van der Waals surface area (Å²) < 4.78 is 5.62. The van der Waals surface area contributed by atoms with Gasteiger partial charge in [0.1, 0.15) is 17.8 Å². The number of hydrogen-bond donors (Lipinski definition) is 2. The van der Waals surface area contributed by atoms with E-state index in [9.17, 15) is 10.1 Å². The van der Waals surface area contributed by atoms with Crippen LogP contribution in [0.2, 0.25) is 0 Å². The quantitative estimate of drug-likeness (QED) is 0.324. The van der Waals surface area contributed by atoms with E-state index in [1.807, 2.05) is 19.9 Å². The molecule has 0 aliphatic carbocycles. The fraction of sp³-hybridized carbons (Fsp3) is 0.440. The molecule has 180 valence electrons. The van der Waals surface area contributed by atoms with Crippen molar-refractivity contribution in [3.8, 4) is 0 Å². The molecule has 0 spiro atoms. The Morgan fingerprint density at radius 2 is 1.94 bits per heavy atom. The highest BCUT2D eigenvalue weighted by Gasteiger charge is 2.21. The van der Waals surface area contributed by atoms with Crippen LogP contribution < -0.4 is 15.5 Å². The number of para-hydroxylation sites is 1. The zero-order valence-corrected chi connectivity index (χ0v) is 19.8. The van der Waals surface area contributed by atoms with Crippen LogP contribution in [0, 0.1) is 16.0 Å². The molecule has 2 heterocycles. The minimum absolute atomic E-state index is 0.0162. The van der Waals surface area contributed by atoms with Crippen LogP contribution in [0.1, 0.15) is 32.3 Å². The number of nitro benzene ring substituents is 1. The number of fused-ring (bicyclic) bond motifs is 1. The predicted octanol–water partition coefficient (Wildman–Crippen LogP) is 4.83. The van der Waals surface area contributed by atoms with Crippen molar-refractivity contribution in [1.29, 1.82) is 0 Å². The molecule has 3 aromatic rings. The summed E-state index contributed by atoms with van der Waals surface area (Å²) in [5.74, 6) is 1.21. The van der Waals surface area contributed by atoms with E-state index in [4.69, 9.17) is 4.74 Å². The molecule has 1 aliphatic rings. The summed E-state index contributed by atoms with van der Waals surface area (Å²) in [6.07, 6.45) is 3.73. The highest BCUT2D eigenvalue weighted by Crippen LogP contribution is 2.33. The Bertz CT molecular complexity index is 1130. The molecule has 2 N–H and O–H groups in total. The maximum absolute atomic E-state index is 11.6. The molecule has 1 aliphatic heterocycles. The second kappa shape index (κ2) is 11.1. The molecule has 9 heteroatoms. The molecule has 1 fully saturated rings. The van der Waals surface area contributed by atoms with Gasteiger partial charge in [-0.2, -0.15) is 0 Å². The van der Waals surface area contributed by atoms with E-state index in [2.05, 4.69) is 43.7 Å². The normalized spacial score (nSPS) is 14.4. The number of piperidine rings is 1. The Morgan fingerprint density at radius 1 is 1.15 bits per heavy atom. The van der Waals surface area contributed by atoms with Crippen LogP contribution in [-0.2, 0) is 11.3 Å². The Labute approximate surface area is 199 Å². The van der Waals surface area contributed by atoms with E-state index < -0.39 is 0 Å². The molecule has 0 atom stereocenters. The number of nitro groups is 1. The largest absolute Gasteiger partial charge is 0.381 e. The summed E-state index contributed by atoms with van der Waals surface area (Å²) >= 11 is 0. The van der Waals surface area contributed by atoms with Gasteiger partial charge >= 0.3 is 0 Å². The number of ether oxygens (including phenoxy) is 1. The molecule has 0 unspecified atom stereocenters. The first-order valence-corrected chi connectivity index (χ1v) is 11.9. The molecule has 0 bridgehead atoms. The monoisotopic (exact) mass is 464 g/mol. The molecule has 0 radical (unpaired) electrons. The van der Waals surface area contributed by atoms with Crippen LogP contribution in [0.25, 0.3) is 10.9 Å². The summed E-state index contributed by atoms with van der Waals surface area (Å²) in [5.41, 5.74) is 3.51. The Kier molecular flexibility index (Phi) is 7.74. The zero-order chi connectivity index (χ0) is 23.9. The van der Waals surface area contributed by atoms with Gasteiger partial charge < -0.3 is 20.3 Å². The van der Waals surface area contributed by atoms with Gasteiger partial charge in [0.2, 0.25) is 0 Å². The van der Waals surface area contributed by atoms with Gasteiger partial charge in [-0.1, -0.05) is 18.2 Å². The molecular formula is C25H32N6O3. The van der Waals surface area contributed by atoms with E-state index in [1.54, 1.807) is 12.1 Å². The Morgan fingerprint density at radius 3 is 2.68 bits per heavy atom.